The zero-order valence-electron chi connectivity index (χ0n) is 13.8. The van der Waals surface area contributed by atoms with Gasteiger partial charge in [0.1, 0.15) is 0 Å². The summed E-state index contributed by atoms with van der Waals surface area (Å²) < 4.78 is 0. The summed E-state index contributed by atoms with van der Waals surface area (Å²) in [7, 11) is 0. The molecule has 2 rings (SSSR count). The summed E-state index contributed by atoms with van der Waals surface area (Å²) in [6.07, 6.45) is 1.79. The monoisotopic (exact) mass is 302 g/mol. The third kappa shape index (κ3) is 4.95. The maximum absolute atomic E-state index is 12.0. The molecule has 0 saturated carbocycles. The van der Waals surface area contributed by atoms with E-state index in [4.69, 9.17) is 0 Å². The normalized spacial score (nSPS) is 22.3. The van der Waals surface area contributed by atoms with Crippen LogP contribution in [0.15, 0.2) is 24.3 Å². The first kappa shape index (κ1) is 16.7. The number of amides is 1. The molecule has 0 aliphatic carbocycles. The van der Waals surface area contributed by atoms with Gasteiger partial charge in [-0.15, -0.1) is 0 Å². The lowest BCUT2D eigenvalue weighted by Gasteiger charge is -2.34. The molecular formula is C18H26N2O2. The number of anilines is 1. The summed E-state index contributed by atoms with van der Waals surface area (Å²) in [5.41, 5.74) is 1.41. The highest BCUT2D eigenvalue weighted by molar-refractivity contribution is 5.95. The Labute approximate surface area is 132 Å². The van der Waals surface area contributed by atoms with E-state index in [1.807, 2.05) is 0 Å². The third-order valence-electron chi connectivity index (χ3n) is 4.17. The molecular weight excluding hydrogens is 276 g/mol. The second-order valence-electron chi connectivity index (χ2n) is 6.64. The van der Waals surface area contributed by atoms with Gasteiger partial charge >= 0.3 is 0 Å². The van der Waals surface area contributed by atoms with Crippen molar-refractivity contribution in [2.24, 2.45) is 11.8 Å². The van der Waals surface area contributed by atoms with Crippen LogP contribution in [0.4, 0.5) is 5.69 Å². The molecule has 0 unspecified atom stereocenters. The standard InChI is InChI=1S/C18H26N2O2/c1-13-10-14(2)12-20(11-13)9-8-18(22)19-17-6-4-16(5-7-17)15(3)21/h4-7,13-14H,8-12H2,1-3H3,(H,19,22)/t13-,14+. The minimum atomic E-state index is 0.0291. The summed E-state index contributed by atoms with van der Waals surface area (Å²) in [6.45, 7) is 9.08. The minimum Gasteiger partial charge on any atom is -0.326 e. The lowest BCUT2D eigenvalue weighted by Crippen LogP contribution is -2.40. The second kappa shape index (κ2) is 7.54. The quantitative estimate of drug-likeness (QED) is 0.850. The fourth-order valence-corrected chi connectivity index (χ4v) is 3.25. The lowest BCUT2D eigenvalue weighted by atomic mass is 9.92. The molecule has 22 heavy (non-hydrogen) atoms. The molecule has 0 radical (unpaired) electrons. The smallest absolute Gasteiger partial charge is 0.225 e. The Morgan fingerprint density at radius 2 is 1.73 bits per heavy atom. The molecule has 1 amide bonds. The fraction of sp³-hybridized carbons (Fsp3) is 0.556. The van der Waals surface area contributed by atoms with Gasteiger partial charge in [0.25, 0.3) is 0 Å². The number of ketones is 1. The van der Waals surface area contributed by atoms with E-state index in [2.05, 4.69) is 24.1 Å². The highest BCUT2D eigenvalue weighted by Crippen LogP contribution is 2.21. The van der Waals surface area contributed by atoms with E-state index in [-0.39, 0.29) is 11.7 Å². The first-order valence-electron chi connectivity index (χ1n) is 8.07. The van der Waals surface area contributed by atoms with Crippen LogP contribution in [0.1, 0.15) is 44.0 Å². The van der Waals surface area contributed by atoms with E-state index < -0.39 is 0 Å². The number of hydrogen-bond donors (Lipinski definition) is 1. The van der Waals surface area contributed by atoms with E-state index in [0.29, 0.717) is 23.8 Å². The van der Waals surface area contributed by atoms with E-state index in [9.17, 15) is 9.59 Å². The van der Waals surface area contributed by atoms with Crippen molar-refractivity contribution in [1.82, 2.24) is 4.90 Å². The van der Waals surface area contributed by atoms with Crippen molar-refractivity contribution in [2.75, 3.05) is 25.0 Å². The van der Waals surface area contributed by atoms with Gasteiger partial charge in [-0.25, -0.2) is 0 Å². The first-order valence-corrected chi connectivity index (χ1v) is 8.07. The average molecular weight is 302 g/mol. The van der Waals surface area contributed by atoms with Crippen molar-refractivity contribution in [3.05, 3.63) is 29.8 Å². The maximum Gasteiger partial charge on any atom is 0.225 e. The van der Waals surface area contributed by atoms with Gasteiger partial charge in [0.15, 0.2) is 5.78 Å². The minimum absolute atomic E-state index is 0.0291. The van der Waals surface area contributed by atoms with E-state index in [1.165, 1.54) is 13.3 Å². The van der Waals surface area contributed by atoms with Crippen LogP contribution in [0.2, 0.25) is 0 Å². The van der Waals surface area contributed by atoms with Crippen LogP contribution in [0.5, 0.6) is 0 Å². The van der Waals surface area contributed by atoms with Crippen molar-refractivity contribution in [2.45, 2.75) is 33.6 Å². The third-order valence-corrected chi connectivity index (χ3v) is 4.17. The number of carbonyl (C=O) groups excluding carboxylic acids is 2. The molecule has 4 heteroatoms. The van der Waals surface area contributed by atoms with Crippen LogP contribution >= 0.6 is 0 Å². The van der Waals surface area contributed by atoms with Crippen LogP contribution in [-0.4, -0.2) is 36.2 Å². The zero-order chi connectivity index (χ0) is 16.1. The fourth-order valence-electron chi connectivity index (χ4n) is 3.25. The van der Waals surface area contributed by atoms with E-state index in [0.717, 1.165) is 25.3 Å². The molecule has 1 fully saturated rings. The van der Waals surface area contributed by atoms with Crippen LogP contribution in [0.25, 0.3) is 0 Å². The van der Waals surface area contributed by atoms with Gasteiger partial charge in [0.2, 0.25) is 5.91 Å². The number of benzene rings is 1. The highest BCUT2D eigenvalue weighted by Gasteiger charge is 2.21. The molecule has 0 aromatic heterocycles. The lowest BCUT2D eigenvalue weighted by molar-refractivity contribution is -0.116. The first-order chi connectivity index (χ1) is 10.4. The van der Waals surface area contributed by atoms with Gasteiger partial charge in [0.05, 0.1) is 0 Å². The number of rotatable bonds is 5. The second-order valence-corrected chi connectivity index (χ2v) is 6.64. The van der Waals surface area contributed by atoms with Crippen molar-refractivity contribution in [3.8, 4) is 0 Å². The van der Waals surface area contributed by atoms with Crippen molar-refractivity contribution >= 4 is 17.4 Å². The molecule has 1 aliphatic rings. The summed E-state index contributed by atoms with van der Waals surface area (Å²) in [6, 6.07) is 7.04. The molecule has 1 N–H and O–H groups in total. The SMILES string of the molecule is CC(=O)c1ccc(NC(=O)CCN2C[C@H](C)C[C@H](C)C2)cc1. The number of carbonyl (C=O) groups is 2. The number of piperidine rings is 1. The molecule has 0 bridgehead atoms. The molecule has 120 valence electrons. The Balaban J connectivity index is 1.79. The van der Waals surface area contributed by atoms with Crippen LogP contribution in [0, 0.1) is 11.8 Å². The molecule has 0 spiro atoms. The summed E-state index contributed by atoms with van der Waals surface area (Å²) in [4.78, 5) is 25.6. The van der Waals surface area contributed by atoms with E-state index >= 15 is 0 Å². The van der Waals surface area contributed by atoms with Gasteiger partial charge in [-0.2, -0.15) is 0 Å². The van der Waals surface area contributed by atoms with Crippen molar-refractivity contribution in [3.63, 3.8) is 0 Å². The van der Waals surface area contributed by atoms with Gasteiger partial charge in [0, 0.05) is 37.3 Å². The molecule has 1 heterocycles. The van der Waals surface area contributed by atoms with Gasteiger partial charge in [-0.3, -0.25) is 9.59 Å². The molecule has 1 saturated heterocycles. The Morgan fingerprint density at radius 3 is 2.27 bits per heavy atom. The highest BCUT2D eigenvalue weighted by atomic mass is 16.1. The summed E-state index contributed by atoms with van der Waals surface area (Å²) >= 11 is 0. The van der Waals surface area contributed by atoms with Crippen LogP contribution in [-0.2, 0) is 4.79 Å². The number of likely N-dealkylation sites (tertiary alicyclic amines) is 1. The topological polar surface area (TPSA) is 49.4 Å². The number of nitrogens with one attached hydrogen (secondary N) is 1. The van der Waals surface area contributed by atoms with Gasteiger partial charge in [-0.05, 0) is 49.4 Å². The summed E-state index contributed by atoms with van der Waals surface area (Å²) in [5, 5.41) is 2.89. The summed E-state index contributed by atoms with van der Waals surface area (Å²) in [5.74, 6) is 1.49. The number of nitrogens with zero attached hydrogens (tertiary/aromatic N) is 1. The Kier molecular flexibility index (Phi) is 5.72. The average Bonchev–Trinajstić information content (AvgIpc) is 2.45. The van der Waals surface area contributed by atoms with Crippen LogP contribution in [0.3, 0.4) is 0 Å². The Hall–Kier alpha value is -1.68. The number of hydrogen-bond acceptors (Lipinski definition) is 3. The molecule has 1 aromatic carbocycles. The van der Waals surface area contributed by atoms with Gasteiger partial charge < -0.3 is 10.2 Å². The van der Waals surface area contributed by atoms with Crippen molar-refractivity contribution < 1.29 is 9.59 Å². The predicted octanol–water partition coefficient (Wildman–Crippen LogP) is 3.20. The zero-order valence-corrected chi connectivity index (χ0v) is 13.8. The molecule has 4 nitrogen and oxygen atoms in total. The molecule has 1 aliphatic heterocycles. The Bertz CT molecular complexity index is 514. The van der Waals surface area contributed by atoms with Gasteiger partial charge in [-0.1, -0.05) is 13.8 Å². The Morgan fingerprint density at radius 1 is 1.14 bits per heavy atom. The number of Topliss-reactive ketones (excluding diaryl/α,β-unsaturated/α-hetero) is 1. The van der Waals surface area contributed by atoms with E-state index in [1.54, 1.807) is 24.3 Å². The largest absolute Gasteiger partial charge is 0.326 e. The van der Waals surface area contributed by atoms with Crippen LogP contribution < -0.4 is 5.32 Å². The maximum atomic E-state index is 12.0. The molecule has 1 aromatic rings. The predicted molar refractivity (Wildman–Crippen MR) is 89.1 cm³/mol. The molecule has 2 atom stereocenters. The van der Waals surface area contributed by atoms with Crippen molar-refractivity contribution in [1.29, 1.82) is 0 Å².